The van der Waals surface area contributed by atoms with E-state index in [1.807, 2.05) is 0 Å². The molecular weight excluding hydrogens is 368 g/mol. The standard InChI is InChI=1S/C11H25NO8P2S/c1-6-17-21(13,18-7-2)11(10-12(11)23(5,15)16)22(14,19-8-3)20-9-4/h6-10H2,1-5H3. The van der Waals surface area contributed by atoms with E-state index < -0.39 is 30.2 Å². The maximum absolute atomic E-state index is 13.3. The molecule has 0 N–H and O–H groups in total. The van der Waals surface area contributed by atoms with Crippen LogP contribution in [-0.2, 0) is 37.2 Å². The summed E-state index contributed by atoms with van der Waals surface area (Å²) in [6.07, 6.45) is 0.930. The zero-order chi connectivity index (χ0) is 17.9. The van der Waals surface area contributed by atoms with E-state index in [2.05, 4.69) is 0 Å². The molecule has 0 spiro atoms. The van der Waals surface area contributed by atoms with E-state index in [9.17, 15) is 17.5 Å². The van der Waals surface area contributed by atoms with Gasteiger partial charge in [-0.1, -0.05) is 0 Å². The molecule has 12 heteroatoms. The fourth-order valence-corrected chi connectivity index (χ4v) is 10.3. The molecule has 0 bridgehead atoms. The Morgan fingerprint density at radius 2 is 1.17 bits per heavy atom. The summed E-state index contributed by atoms with van der Waals surface area (Å²) in [5, 5.41) is -1.97. The fourth-order valence-electron chi connectivity index (χ4n) is 2.30. The zero-order valence-electron chi connectivity index (χ0n) is 14.1. The lowest BCUT2D eigenvalue weighted by Crippen LogP contribution is -2.28. The minimum absolute atomic E-state index is 0.00508. The average Bonchev–Trinajstić information content (AvgIpc) is 3.17. The van der Waals surface area contributed by atoms with Crippen LogP contribution >= 0.6 is 15.2 Å². The van der Waals surface area contributed by atoms with Gasteiger partial charge in [-0.2, -0.15) is 4.31 Å². The van der Waals surface area contributed by atoms with Crippen LogP contribution < -0.4 is 0 Å². The summed E-state index contributed by atoms with van der Waals surface area (Å²) in [7, 11) is -12.0. The van der Waals surface area contributed by atoms with E-state index in [1.54, 1.807) is 27.7 Å². The van der Waals surface area contributed by atoms with Crippen molar-refractivity contribution in [2.75, 3.05) is 39.2 Å². The number of nitrogens with zero attached hydrogens (tertiary/aromatic N) is 1. The Labute approximate surface area is 137 Å². The lowest BCUT2D eigenvalue weighted by molar-refractivity contribution is 0.187. The maximum atomic E-state index is 13.3. The van der Waals surface area contributed by atoms with Gasteiger partial charge in [0.1, 0.15) is 0 Å². The first kappa shape index (κ1) is 21.3. The van der Waals surface area contributed by atoms with Gasteiger partial charge < -0.3 is 18.1 Å². The highest BCUT2D eigenvalue weighted by Crippen LogP contribution is 2.85. The second-order valence-electron chi connectivity index (χ2n) is 4.71. The summed E-state index contributed by atoms with van der Waals surface area (Å²) < 4.78 is 72.3. The molecule has 23 heavy (non-hydrogen) atoms. The second kappa shape index (κ2) is 7.62. The molecule has 1 heterocycles. The number of rotatable bonds is 11. The van der Waals surface area contributed by atoms with Crippen LogP contribution in [0.3, 0.4) is 0 Å². The highest BCUT2D eigenvalue weighted by atomic mass is 32.2. The molecule has 0 aromatic carbocycles. The summed E-state index contributed by atoms with van der Waals surface area (Å²) in [5.74, 6) is 0. The first-order valence-electron chi connectivity index (χ1n) is 7.34. The summed E-state index contributed by atoms with van der Waals surface area (Å²) in [6, 6.07) is 0. The molecule has 9 nitrogen and oxygen atoms in total. The molecule has 0 saturated carbocycles. The average molecular weight is 393 g/mol. The van der Waals surface area contributed by atoms with E-state index in [-0.39, 0.29) is 33.0 Å². The Balaban J connectivity index is 3.52. The molecule has 1 aliphatic heterocycles. The van der Waals surface area contributed by atoms with Gasteiger partial charge in [0.2, 0.25) is 10.0 Å². The van der Waals surface area contributed by atoms with E-state index in [4.69, 9.17) is 18.1 Å². The van der Waals surface area contributed by atoms with Crippen molar-refractivity contribution < 1.29 is 35.6 Å². The SMILES string of the molecule is CCOP(=O)(OCC)C1(P(=O)(OCC)OCC)CN1S(C)(=O)=O. The predicted molar refractivity (Wildman–Crippen MR) is 86.0 cm³/mol. The van der Waals surface area contributed by atoms with Gasteiger partial charge in [0.15, 0.2) is 0 Å². The Morgan fingerprint density at radius 1 is 0.870 bits per heavy atom. The van der Waals surface area contributed by atoms with Crippen LogP contribution in [0.4, 0.5) is 0 Å². The molecule has 1 unspecified atom stereocenters. The van der Waals surface area contributed by atoms with Gasteiger partial charge in [-0.05, 0) is 27.7 Å². The Hall–Kier alpha value is 0.210. The van der Waals surface area contributed by atoms with Crippen LogP contribution in [0.1, 0.15) is 27.7 Å². The number of hydrogen-bond donors (Lipinski definition) is 0. The maximum Gasteiger partial charge on any atom is 0.365 e. The molecule has 1 atom stereocenters. The number of sulfonamides is 1. The van der Waals surface area contributed by atoms with Gasteiger partial charge in [-0.3, -0.25) is 9.13 Å². The van der Waals surface area contributed by atoms with Crippen molar-refractivity contribution in [1.82, 2.24) is 4.31 Å². The molecule has 0 amide bonds. The second-order valence-corrected chi connectivity index (χ2v) is 11.5. The molecule has 1 aliphatic rings. The quantitative estimate of drug-likeness (QED) is 0.389. The van der Waals surface area contributed by atoms with E-state index >= 15 is 0 Å². The van der Waals surface area contributed by atoms with Crippen LogP contribution in [0.2, 0.25) is 0 Å². The fraction of sp³-hybridized carbons (Fsp3) is 1.00. The summed E-state index contributed by atoms with van der Waals surface area (Å²) in [5.41, 5.74) is 0. The van der Waals surface area contributed by atoms with Gasteiger partial charge in [0.25, 0.3) is 5.02 Å². The topological polar surface area (TPSA) is 108 Å². The first-order valence-corrected chi connectivity index (χ1v) is 12.3. The van der Waals surface area contributed by atoms with Crippen LogP contribution in [0.15, 0.2) is 0 Å². The normalized spacial score (nSPS) is 21.3. The highest BCUT2D eigenvalue weighted by molar-refractivity contribution is 7.90. The van der Waals surface area contributed by atoms with Gasteiger partial charge >= 0.3 is 15.2 Å². The van der Waals surface area contributed by atoms with Crippen molar-refractivity contribution in [3.05, 3.63) is 0 Å². The van der Waals surface area contributed by atoms with Crippen LogP contribution in [0.25, 0.3) is 0 Å². The molecule has 0 radical (unpaired) electrons. The monoisotopic (exact) mass is 393 g/mol. The van der Waals surface area contributed by atoms with Crippen molar-refractivity contribution in [2.24, 2.45) is 0 Å². The molecule has 0 aromatic heterocycles. The van der Waals surface area contributed by atoms with Crippen molar-refractivity contribution >= 4 is 25.2 Å². The smallest absolute Gasteiger partial charge is 0.307 e. The van der Waals surface area contributed by atoms with Crippen LogP contribution in [0.5, 0.6) is 0 Å². The molecule has 1 rings (SSSR count). The van der Waals surface area contributed by atoms with Gasteiger partial charge in [0.05, 0.1) is 39.2 Å². The van der Waals surface area contributed by atoms with Crippen molar-refractivity contribution in [3.8, 4) is 0 Å². The molecule has 1 fully saturated rings. The van der Waals surface area contributed by atoms with E-state index in [0.717, 1.165) is 10.6 Å². The molecule has 0 aromatic rings. The van der Waals surface area contributed by atoms with Gasteiger partial charge in [0, 0.05) is 0 Å². The number of hydrogen-bond acceptors (Lipinski definition) is 8. The molecular formula is C11H25NO8P2S. The Kier molecular flexibility index (Phi) is 7.04. The summed E-state index contributed by atoms with van der Waals surface area (Å²) >= 11 is 0. The van der Waals surface area contributed by atoms with Crippen molar-refractivity contribution in [1.29, 1.82) is 0 Å². The highest BCUT2D eigenvalue weighted by Gasteiger charge is 2.82. The minimum atomic E-state index is -4.11. The summed E-state index contributed by atoms with van der Waals surface area (Å²) in [6.45, 7) is 6.00. The van der Waals surface area contributed by atoms with Gasteiger partial charge in [-0.25, -0.2) is 8.42 Å². The Morgan fingerprint density at radius 3 is 1.35 bits per heavy atom. The minimum Gasteiger partial charge on any atom is -0.307 e. The van der Waals surface area contributed by atoms with Crippen LogP contribution in [-0.4, -0.2) is 57.0 Å². The third kappa shape index (κ3) is 3.75. The Bertz CT molecular complexity index is 557. The van der Waals surface area contributed by atoms with Crippen molar-refractivity contribution in [3.63, 3.8) is 0 Å². The third-order valence-electron chi connectivity index (χ3n) is 3.13. The van der Waals surface area contributed by atoms with Gasteiger partial charge in [-0.15, -0.1) is 0 Å². The van der Waals surface area contributed by atoms with E-state index in [1.165, 1.54) is 0 Å². The lowest BCUT2D eigenvalue weighted by Gasteiger charge is -2.31. The lowest BCUT2D eigenvalue weighted by atomic mass is 10.9. The van der Waals surface area contributed by atoms with Crippen molar-refractivity contribution in [2.45, 2.75) is 32.7 Å². The molecule has 1 saturated heterocycles. The molecule has 0 aliphatic carbocycles. The predicted octanol–water partition coefficient (Wildman–Crippen LogP) is 2.45. The van der Waals surface area contributed by atoms with E-state index in [0.29, 0.717) is 0 Å². The molecule has 138 valence electrons. The largest absolute Gasteiger partial charge is 0.365 e. The summed E-state index contributed by atoms with van der Waals surface area (Å²) in [4.78, 5) is 0. The zero-order valence-corrected chi connectivity index (χ0v) is 16.7. The van der Waals surface area contributed by atoms with Crippen LogP contribution in [0, 0.1) is 0 Å². The third-order valence-corrected chi connectivity index (χ3v) is 11.0. The first-order chi connectivity index (χ1) is 10.6.